The lowest BCUT2D eigenvalue weighted by Gasteiger charge is -2.11. The lowest BCUT2D eigenvalue weighted by Crippen LogP contribution is -2.05. The van der Waals surface area contributed by atoms with Gasteiger partial charge in [-0.05, 0) is 67.0 Å². The molecule has 0 fully saturated rings. The van der Waals surface area contributed by atoms with Gasteiger partial charge in [0.1, 0.15) is 23.7 Å². The Balaban J connectivity index is 1.65. The lowest BCUT2D eigenvalue weighted by molar-refractivity contribution is 0.0697. The van der Waals surface area contributed by atoms with E-state index in [2.05, 4.69) is 30.2 Å². The number of aromatic carboxylic acids is 1. The normalized spacial score (nSPS) is 11.2. The number of hydrogen-bond donors (Lipinski definition) is 2. The summed E-state index contributed by atoms with van der Waals surface area (Å²) in [6.07, 6.45) is 3.61. The molecule has 0 spiro atoms. The first-order valence-electron chi connectivity index (χ1n) is 12.1. The predicted molar refractivity (Wildman–Crippen MR) is 151 cm³/mol. The van der Waals surface area contributed by atoms with Crippen LogP contribution in [0.2, 0.25) is 0 Å². The van der Waals surface area contributed by atoms with E-state index in [0.29, 0.717) is 24.3 Å². The Labute approximate surface area is 225 Å². The summed E-state index contributed by atoms with van der Waals surface area (Å²) in [4.78, 5) is 23.5. The first-order chi connectivity index (χ1) is 17.9. The van der Waals surface area contributed by atoms with Crippen molar-refractivity contribution in [1.29, 1.82) is 0 Å². The van der Waals surface area contributed by atoms with Crippen molar-refractivity contribution < 1.29 is 19.4 Å². The Kier molecular flexibility index (Phi) is 8.91. The molecular formula is C28H31N3O4S2. The number of thiophene rings is 1. The van der Waals surface area contributed by atoms with E-state index in [9.17, 15) is 9.90 Å². The number of carbonyl (C=O) groups is 1. The third kappa shape index (κ3) is 6.74. The van der Waals surface area contributed by atoms with Crippen LogP contribution >= 0.6 is 22.7 Å². The number of rotatable bonds is 12. The summed E-state index contributed by atoms with van der Waals surface area (Å²) in [6.45, 7) is 7.44. The molecule has 3 aromatic heterocycles. The zero-order valence-electron chi connectivity index (χ0n) is 21.4. The summed E-state index contributed by atoms with van der Waals surface area (Å²) >= 11 is 3.09. The van der Waals surface area contributed by atoms with E-state index in [0.717, 1.165) is 50.7 Å². The number of nitrogens with one attached hydrogen (secondary N) is 1. The summed E-state index contributed by atoms with van der Waals surface area (Å²) in [5.74, 6) is 0.612. The Morgan fingerprint density at radius 2 is 2.00 bits per heavy atom. The second kappa shape index (κ2) is 12.3. The van der Waals surface area contributed by atoms with E-state index in [4.69, 9.17) is 14.5 Å². The van der Waals surface area contributed by atoms with Crippen LogP contribution in [0.15, 0.2) is 48.0 Å². The number of carboxylic acids is 1. The van der Waals surface area contributed by atoms with Gasteiger partial charge in [-0.25, -0.2) is 14.8 Å². The Bertz CT molecular complexity index is 1350. The molecule has 4 aromatic rings. The highest BCUT2D eigenvalue weighted by molar-refractivity contribution is 7.16. The molecule has 0 bridgehead atoms. The molecule has 37 heavy (non-hydrogen) atoms. The highest BCUT2D eigenvalue weighted by atomic mass is 32.1. The van der Waals surface area contributed by atoms with Crippen molar-refractivity contribution in [3.63, 3.8) is 0 Å². The minimum atomic E-state index is -1.04. The van der Waals surface area contributed by atoms with E-state index in [-0.39, 0.29) is 11.4 Å². The number of benzene rings is 1. The molecule has 7 nitrogen and oxygen atoms in total. The van der Waals surface area contributed by atoms with Crippen LogP contribution in [-0.2, 0) is 11.2 Å². The van der Waals surface area contributed by atoms with Gasteiger partial charge in [-0.1, -0.05) is 19.9 Å². The van der Waals surface area contributed by atoms with Crippen LogP contribution in [0.3, 0.4) is 0 Å². The number of thiazole rings is 1. The second-order valence-corrected chi connectivity index (χ2v) is 11.1. The summed E-state index contributed by atoms with van der Waals surface area (Å²) in [5.41, 5.74) is 3.80. The Morgan fingerprint density at radius 3 is 2.68 bits per heavy atom. The van der Waals surface area contributed by atoms with Crippen molar-refractivity contribution in [3.05, 3.63) is 64.0 Å². The van der Waals surface area contributed by atoms with Crippen molar-refractivity contribution >= 4 is 39.6 Å². The van der Waals surface area contributed by atoms with Crippen LogP contribution in [0.1, 0.15) is 41.1 Å². The monoisotopic (exact) mass is 537 g/mol. The number of aryl methyl sites for hydroxylation is 2. The first-order valence-corrected chi connectivity index (χ1v) is 13.8. The molecule has 0 atom stereocenters. The summed E-state index contributed by atoms with van der Waals surface area (Å²) in [6, 6.07) is 11.6. The van der Waals surface area contributed by atoms with E-state index >= 15 is 0 Å². The molecule has 9 heteroatoms. The van der Waals surface area contributed by atoms with Gasteiger partial charge in [0.05, 0.1) is 12.3 Å². The Hall–Kier alpha value is -3.27. The maximum Gasteiger partial charge on any atom is 0.339 e. The summed E-state index contributed by atoms with van der Waals surface area (Å²) < 4.78 is 10.9. The lowest BCUT2D eigenvalue weighted by atomic mass is 10.0. The van der Waals surface area contributed by atoms with E-state index in [1.54, 1.807) is 30.7 Å². The average molecular weight is 538 g/mol. The fourth-order valence-electron chi connectivity index (χ4n) is 3.82. The maximum atomic E-state index is 12.1. The third-order valence-corrected chi connectivity index (χ3v) is 7.74. The van der Waals surface area contributed by atoms with E-state index in [1.165, 1.54) is 11.3 Å². The zero-order valence-corrected chi connectivity index (χ0v) is 23.0. The van der Waals surface area contributed by atoms with Crippen LogP contribution in [0.25, 0.3) is 21.7 Å². The van der Waals surface area contributed by atoms with Crippen LogP contribution in [-0.4, -0.2) is 41.4 Å². The molecule has 1 aromatic carbocycles. The van der Waals surface area contributed by atoms with Gasteiger partial charge in [0.25, 0.3) is 0 Å². The number of nitrogens with zero attached hydrogens (tertiary/aromatic N) is 2. The molecule has 0 saturated carbocycles. The van der Waals surface area contributed by atoms with Crippen molar-refractivity contribution in [1.82, 2.24) is 9.97 Å². The van der Waals surface area contributed by atoms with Crippen molar-refractivity contribution in [3.8, 4) is 27.4 Å². The number of pyridine rings is 1. The van der Waals surface area contributed by atoms with Gasteiger partial charge in [0.2, 0.25) is 0 Å². The van der Waals surface area contributed by atoms with Gasteiger partial charge in [-0.3, -0.25) is 0 Å². The topological polar surface area (TPSA) is 93.6 Å². The van der Waals surface area contributed by atoms with Crippen molar-refractivity contribution in [2.24, 2.45) is 5.92 Å². The number of methoxy groups -OCH3 is 1. The number of carboxylic acid groups (broad SMARTS) is 1. The number of hydrogen-bond acceptors (Lipinski definition) is 8. The largest absolute Gasteiger partial charge is 0.491 e. The fourth-order valence-corrected chi connectivity index (χ4v) is 5.53. The molecule has 0 aliphatic heterocycles. The molecule has 2 N–H and O–H groups in total. The molecule has 0 amide bonds. The number of ether oxygens (including phenoxy) is 2. The SMILES string of the molecule is COCCOc1ccc(-c2nc(Nc3ncc(-c4cccs4)cc3C(=O)O)sc2CCC(C)C)cc1C. The smallest absolute Gasteiger partial charge is 0.339 e. The van der Waals surface area contributed by atoms with Crippen molar-refractivity contribution in [2.45, 2.75) is 33.6 Å². The molecule has 0 aliphatic carbocycles. The quantitative estimate of drug-likeness (QED) is 0.183. The minimum Gasteiger partial charge on any atom is -0.491 e. The molecule has 0 aliphatic rings. The standard InChI is InChI=1S/C28H31N3O4S2/c1-17(2)7-10-24-25(19-8-9-22(18(3)14-19)35-12-11-34-4)30-28(37-24)31-26-21(27(32)33)15-20(16-29-26)23-6-5-13-36-23/h5-6,8-9,13-17H,7,10-12H2,1-4H3,(H,32,33)(H,29,30,31). The van der Waals surface area contributed by atoms with E-state index in [1.807, 2.05) is 36.6 Å². The predicted octanol–water partition coefficient (Wildman–Crippen LogP) is 7.30. The van der Waals surface area contributed by atoms with Gasteiger partial charge in [-0.2, -0.15) is 0 Å². The van der Waals surface area contributed by atoms with Crippen molar-refractivity contribution in [2.75, 3.05) is 25.6 Å². The molecule has 3 heterocycles. The highest BCUT2D eigenvalue weighted by Gasteiger charge is 2.19. The molecule has 0 unspecified atom stereocenters. The van der Waals surface area contributed by atoms with E-state index < -0.39 is 5.97 Å². The summed E-state index contributed by atoms with van der Waals surface area (Å²) in [7, 11) is 1.65. The van der Waals surface area contributed by atoms with Gasteiger partial charge < -0.3 is 19.9 Å². The highest BCUT2D eigenvalue weighted by Crippen LogP contribution is 2.36. The molecule has 0 radical (unpaired) electrons. The number of aromatic nitrogens is 2. The first kappa shape index (κ1) is 26.8. The molecule has 4 rings (SSSR count). The second-order valence-electron chi connectivity index (χ2n) is 9.07. The Morgan fingerprint density at radius 1 is 1.16 bits per heavy atom. The molecule has 194 valence electrons. The fraction of sp³-hybridized carbons (Fsp3) is 0.321. The van der Waals surface area contributed by atoms with Gasteiger partial charge in [0.15, 0.2) is 5.13 Å². The summed E-state index contributed by atoms with van der Waals surface area (Å²) in [5, 5.41) is 15.6. The van der Waals surface area contributed by atoms with Gasteiger partial charge >= 0.3 is 5.97 Å². The third-order valence-electron chi connectivity index (χ3n) is 5.79. The molecule has 0 saturated heterocycles. The minimum absolute atomic E-state index is 0.111. The van der Waals surface area contributed by atoms with Crippen LogP contribution in [0, 0.1) is 12.8 Å². The van der Waals surface area contributed by atoms with Crippen LogP contribution < -0.4 is 10.1 Å². The van der Waals surface area contributed by atoms with Crippen LogP contribution in [0.4, 0.5) is 10.9 Å². The van der Waals surface area contributed by atoms with Crippen LogP contribution in [0.5, 0.6) is 5.75 Å². The molecular weight excluding hydrogens is 506 g/mol. The number of anilines is 2. The zero-order chi connectivity index (χ0) is 26.4. The maximum absolute atomic E-state index is 12.1. The van der Waals surface area contributed by atoms with Gasteiger partial charge in [0, 0.05) is 34.2 Å². The average Bonchev–Trinajstić information content (AvgIpc) is 3.54. The van der Waals surface area contributed by atoms with Gasteiger partial charge in [-0.15, -0.1) is 22.7 Å².